The van der Waals surface area contributed by atoms with E-state index in [0.29, 0.717) is 24.6 Å². The van der Waals surface area contributed by atoms with E-state index in [4.69, 9.17) is 4.52 Å². The van der Waals surface area contributed by atoms with E-state index in [0.717, 1.165) is 23.1 Å². The van der Waals surface area contributed by atoms with Gasteiger partial charge in [-0.25, -0.2) is 8.78 Å². The van der Waals surface area contributed by atoms with E-state index >= 15 is 0 Å². The molecule has 8 heteroatoms. The molecular weight excluding hydrogens is 465 g/mol. The van der Waals surface area contributed by atoms with Crippen molar-refractivity contribution in [1.29, 1.82) is 0 Å². The molecule has 0 amide bonds. The summed E-state index contributed by atoms with van der Waals surface area (Å²) in [7, 11) is 0. The third-order valence-corrected chi connectivity index (χ3v) is 4.23. The van der Waals surface area contributed by atoms with Gasteiger partial charge in [-0.1, -0.05) is 18.1 Å². The van der Waals surface area contributed by atoms with Gasteiger partial charge < -0.3 is 15.2 Å². The number of nitrogens with one attached hydrogen (secondary N) is 2. The number of rotatable bonds is 6. The summed E-state index contributed by atoms with van der Waals surface area (Å²) in [4.78, 5) is 4.59. The summed E-state index contributed by atoms with van der Waals surface area (Å²) in [6.07, 6.45) is 0. The standard InChI is InChI=1S/C19H26F2N4O.HI/c1-6-22-19(23-10-11(2)18-13(4)25-26-14(18)5)24-12(3)16-8-7-15(20)9-17(16)21;/h7-9,11-12H,6,10H2,1-5H3,(H2,22,23,24);1H. The lowest BCUT2D eigenvalue weighted by Gasteiger charge is -2.19. The lowest BCUT2D eigenvalue weighted by Crippen LogP contribution is -2.39. The van der Waals surface area contributed by atoms with Gasteiger partial charge in [0.25, 0.3) is 0 Å². The van der Waals surface area contributed by atoms with Crippen LogP contribution in [-0.2, 0) is 0 Å². The molecule has 2 unspecified atom stereocenters. The Morgan fingerprint density at radius 3 is 2.52 bits per heavy atom. The zero-order chi connectivity index (χ0) is 19.3. The second-order valence-corrected chi connectivity index (χ2v) is 6.39. The minimum atomic E-state index is -0.590. The third kappa shape index (κ3) is 6.15. The molecule has 0 saturated heterocycles. The van der Waals surface area contributed by atoms with Gasteiger partial charge in [-0.3, -0.25) is 4.99 Å². The molecule has 1 aromatic carbocycles. The molecule has 0 saturated carbocycles. The van der Waals surface area contributed by atoms with Crippen molar-refractivity contribution < 1.29 is 13.3 Å². The zero-order valence-electron chi connectivity index (χ0n) is 16.3. The second kappa shape index (κ2) is 10.6. The third-order valence-electron chi connectivity index (χ3n) is 4.23. The van der Waals surface area contributed by atoms with Crippen LogP contribution in [0.4, 0.5) is 8.78 Å². The summed E-state index contributed by atoms with van der Waals surface area (Å²) in [6, 6.07) is 3.22. The zero-order valence-corrected chi connectivity index (χ0v) is 18.6. The monoisotopic (exact) mass is 492 g/mol. The molecule has 2 aromatic rings. The first-order valence-corrected chi connectivity index (χ1v) is 8.76. The van der Waals surface area contributed by atoms with Crippen LogP contribution in [0.25, 0.3) is 0 Å². The lowest BCUT2D eigenvalue weighted by molar-refractivity contribution is 0.391. The Balaban J connectivity index is 0.00000364. The molecule has 0 aliphatic carbocycles. The number of guanidine groups is 1. The number of benzene rings is 1. The number of nitrogens with zero attached hydrogens (tertiary/aromatic N) is 2. The maximum atomic E-state index is 14.0. The highest BCUT2D eigenvalue weighted by Crippen LogP contribution is 2.23. The van der Waals surface area contributed by atoms with Crippen molar-refractivity contribution in [2.24, 2.45) is 4.99 Å². The number of hydrogen-bond donors (Lipinski definition) is 2. The smallest absolute Gasteiger partial charge is 0.191 e. The van der Waals surface area contributed by atoms with Gasteiger partial charge in [0, 0.05) is 36.2 Å². The Bertz CT molecular complexity index is 760. The fourth-order valence-electron chi connectivity index (χ4n) is 2.97. The van der Waals surface area contributed by atoms with Crippen molar-refractivity contribution in [2.75, 3.05) is 13.1 Å². The Labute approximate surface area is 176 Å². The molecule has 5 nitrogen and oxygen atoms in total. The minimum absolute atomic E-state index is 0. The quantitative estimate of drug-likeness (QED) is 0.352. The summed E-state index contributed by atoms with van der Waals surface area (Å²) in [5, 5.41) is 10.3. The second-order valence-electron chi connectivity index (χ2n) is 6.39. The van der Waals surface area contributed by atoms with Crippen LogP contribution >= 0.6 is 24.0 Å². The summed E-state index contributed by atoms with van der Waals surface area (Å²) in [6.45, 7) is 10.8. The van der Waals surface area contributed by atoms with E-state index < -0.39 is 11.6 Å². The molecule has 2 N–H and O–H groups in total. The van der Waals surface area contributed by atoms with Crippen LogP contribution in [0.1, 0.15) is 55.3 Å². The molecule has 1 heterocycles. The molecule has 0 aliphatic rings. The maximum Gasteiger partial charge on any atom is 0.191 e. The fourth-order valence-corrected chi connectivity index (χ4v) is 2.97. The predicted molar refractivity (Wildman–Crippen MR) is 114 cm³/mol. The van der Waals surface area contributed by atoms with E-state index in [-0.39, 0.29) is 35.9 Å². The molecule has 0 spiro atoms. The number of aliphatic imine (C=N–C) groups is 1. The molecule has 2 atom stereocenters. The highest BCUT2D eigenvalue weighted by atomic mass is 127. The maximum absolute atomic E-state index is 14.0. The van der Waals surface area contributed by atoms with Crippen LogP contribution in [0.2, 0.25) is 0 Å². The topological polar surface area (TPSA) is 62.5 Å². The first-order valence-electron chi connectivity index (χ1n) is 8.76. The minimum Gasteiger partial charge on any atom is -0.361 e. The summed E-state index contributed by atoms with van der Waals surface area (Å²) in [5.41, 5.74) is 2.31. The van der Waals surface area contributed by atoms with Crippen molar-refractivity contribution >= 4 is 29.9 Å². The van der Waals surface area contributed by atoms with E-state index in [1.165, 1.54) is 12.1 Å². The predicted octanol–water partition coefficient (Wildman–Crippen LogP) is 4.61. The van der Waals surface area contributed by atoms with Gasteiger partial charge in [-0.2, -0.15) is 0 Å². The van der Waals surface area contributed by atoms with E-state index in [1.807, 2.05) is 20.8 Å². The molecular formula is C19H27F2IN4O. The van der Waals surface area contributed by atoms with Gasteiger partial charge >= 0.3 is 0 Å². The summed E-state index contributed by atoms with van der Waals surface area (Å²) < 4.78 is 32.3. The molecule has 0 bridgehead atoms. The van der Waals surface area contributed by atoms with E-state index in [2.05, 4.69) is 27.7 Å². The van der Waals surface area contributed by atoms with Crippen LogP contribution in [-0.4, -0.2) is 24.2 Å². The van der Waals surface area contributed by atoms with E-state index in [1.54, 1.807) is 6.92 Å². The average Bonchev–Trinajstić information content (AvgIpc) is 2.91. The average molecular weight is 492 g/mol. The van der Waals surface area contributed by atoms with Gasteiger partial charge in [-0.15, -0.1) is 24.0 Å². The molecule has 2 rings (SSSR count). The lowest BCUT2D eigenvalue weighted by atomic mass is 10.00. The highest BCUT2D eigenvalue weighted by molar-refractivity contribution is 14.0. The van der Waals surface area contributed by atoms with Gasteiger partial charge in [-0.05, 0) is 33.8 Å². The number of hydrogen-bond acceptors (Lipinski definition) is 3. The largest absolute Gasteiger partial charge is 0.361 e. The van der Waals surface area contributed by atoms with Gasteiger partial charge in [0.05, 0.1) is 11.7 Å². The van der Waals surface area contributed by atoms with Crippen LogP contribution in [0.5, 0.6) is 0 Å². The molecule has 0 radical (unpaired) electrons. The normalized spacial score (nSPS) is 13.7. The first-order chi connectivity index (χ1) is 12.3. The number of halogens is 3. The van der Waals surface area contributed by atoms with E-state index in [9.17, 15) is 8.78 Å². The van der Waals surface area contributed by atoms with Crippen molar-refractivity contribution in [3.63, 3.8) is 0 Å². The summed E-state index contributed by atoms with van der Waals surface area (Å²) >= 11 is 0. The molecule has 0 fully saturated rings. The Hall–Kier alpha value is -1.71. The van der Waals surface area contributed by atoms with Crippen molar-refractivity contribution in [3.8, 4) is 0 Å². The molecule has 150 valence electrons. The highest BCUT2D eigenvalue weighted by Gasteiger charge is 2.17. The van der Waals surface area contributed by atoms with Crippen LogP contribution < -0.4 is 10.6 Å². The molecule has 1 aromatic heterocycles. The Morgan fingerprint density at radius 1 is 1.26 bits per heavy atom. The van der Waals surface area contributed by atoms with Crippen molar-refractivity contribution in [2.45, 2.75) is 46.6 Å². The summed E-state index contributed by atoms with van der Waals surface area (Å²) in [5.74, 6) is 0.332. The van der Waals surface area contributed by atoms with Gasteiger partial charge in [0.2, 0.25) is 0 Å². The van der Waals surface area contributed by atoms with Gasteiger partial charge in [0.1, 0.15) is 17.4 Å². The Morgan fingerprint density at radius 2 is 1.96 bits per heavy atom. The SMILES string of the molecule is CCNC(=NCC(C)c1c(C)noc1C)NC(C)c1ccc(F)cc1F.I. The molecule has 27 heavy (non-hydrogen) atoms. The van der Waals surface area contributed by atoms with Gasteiger partial charge in [0.15, 0.2) is 5.96 Å². The first kappa shape index (κ1) is 23.3. The number of aryl methyl sites for hydroxylation is 2. The fraction of sp³-hybridized carbons (Fsp3) is 0.474. The van der Waals surface area contributed by atoms with Crippen molar-refractivity contribution in [3.05, 3.63) is 52.4 Å². The number of aromatic nitrogens is 1. The Kier molecular flexibility index (Phi) is 9.14. The van der Waals surface area contributed by atoms with Crippen LogP contribution in [0.15, 0.2) is 27.7 Å². The van der Waals surface area contributed by atoms with Crippen LogP contribution in [0, 0.1) is 25.5 Å². The van der Waals surface area contributed by atoms with Crippen molar-refractivity contribution in [1.82, 2.24) is 15.8 Å². The van der Waals surface area contributed by atoms with Crippen LogP contribution in [0.3, 0.4) is 0 Å². The molecule has 0 aliphatic heterocycles.